The van der Waals surface area contributed by atoms with Crippen LogP contribution in [-0.2, 0) is 34.1 Å². The Kier molecular flexibility index (Phi) is 5.48. The van der Waals surface area contributed by atoms with Crippen molar-refractivity contribution in [3.05, 3.63) is 32.1 Å². The maximum atomic E-state index is 13.0. The summed E-state index contributed by atoms with van der Waals surface area (Å²) in [6.45, 7) is 4.08. The molecular formula is C18H24N4O5S. The minimum Gasteiger partial charge on any atom is -0.337 e. The average Bonchev–Trinajstić information content (AvgIpc) is 3.23. The second-order valence-electron chi connectivity index (χ2n) is 7.86. The highest BCUT2D eigenvalue weighted by Gasteiger charge is 2.35. The molecule has 1 atom stereocenters. The second kappa shape index (κ2) is 7.54. The molecule has 0 radical (unpaired) electrons. The minimum absolute atomic E-state index is 0.0274. The molecule has 0 N–H and O–H groups in total. The molecule has 28 heavy (non-hydrogen) atoms. The normalized spacial score (nSPS) is 20.1. The van der Waals surface area contributed by atoms with Gasteiger partial charge in [-0.25, -0.2) is 17.8 Å². The second-order valence-corrected chi connectivity index (χ2v) is 10.1. The van der Waals surface area contributed by atoms with Crippen molar-refractivity contribution in [3.63, 3.8) is 0 Å². The van der Waals surface area contributed by atoms with E-state index in [9.17, 15) is 28.1 Å². The zero-order valence-electron chi connectivity index (χ0n) is 16.0. The molecule has 3 rings (SSSR count). The van der Waals surface area contributed by atoms with Crippen LogP contribution in [0.3, 0.4) is 0 Å². The van der Waals surface area contributed by atoms with E-state index in [0.717, 1.165) is 4.57 Å². The summed E-state index contributed by atoms with van der Waals surface area (Å²) in [5, 5.41) is 9.35. The van der Waals surface area contributed by atoms with Crippen molar-refractivity contribution in [3.8, 4) is 6.07 Å². The van der Waals surface area contributed by atoms with E-state index >= 15 is 0 Å². The van der Waals surface area contributed by atoms with Crippen LogP contribution in [0.25, 0.3) is 0 Å². The van der Waals surface area contributed by atoms with Gasteiger partial charge in [0.2, 0.25) is 5.91 Å². The van der Waals surface area contributed by atoms with Crippen LogP contribution >= 0.6 is 0 Å². The van der Waals surface area contributed by atoms with Gasteiger partial charge in [-0.1, -0.05) is 13.8 Å². The number of hydrogen-bond donors (Lipinski definition) is 0. The van der Waals surface area contributed by atoms with Crippen molar-refractivity contribution in [2.75, 3.05) is 18.1 Å². The molecule has 0 aliphatic carbocycles. The third kappa shape index (κ3) is 3.76. The van der Waals surface area contributed by atoms with E-state index in [1.807, 2.05) is 19.9 Å². The summed E-state index contributed by atoms with van der Waals surface area (Å²) < 4.78 is 25.9. The van der Waals surface area contributed by atoms with Gasteiger partial charge in [-0.3, -0.25) is 14.2 Å². The highest BCUT2D eigenvalue weighted by Crippen LogP contribution is 2.20. The number of carbonyl (C=O) groups is 1. The number of carbonyl (C=O) groups excluding carboxylic acids is 1. The van der Waals surface area contributed by atoms with Crippen LogP contribution in [0.5, 0.6) is 0 Å². The van der Waals surface area contributed by atoms with Crippen LogP contribution in [0.2, 0.25) is 0 Å². The molecule has 0 unspecified atom stereocenters. The van der Waals surface area contributed by atoms with Gasteiger partial charge in [-0.2, -0.15) is 5.26 Å². The van der Waals surface area contributed by atoms with Crippen LogP contribution in [0, 0.1) is 17.2 Å². The van der Waals surface area contributed by atoms with Crippen molar-refractivity contribution in [2.45, 2.75) is 52.2 Å². The number of aromatic nitrogens is 2. The molecule has 0 saturated carbocycles. The number of nitrogens with zero attached hydrogens (tertiary/aromatic N) is 4. The van der Waals surface area contributed by atoms with Gasteiger partial charge >= 0.3 is 5.69 Å². The van der Waals surface area contributed by atoms with E-state index in [-0.39, 0.29) is 23.0 Å². The van der Waals surface area contributed by atoms with E-state index < -0.39 is 39.6 Å². The first-order chi connectivity index (χ1) is 13.1. The molecule has 1 aromatic heterocycles. The fraction of sp³-hybridized carbons (Fsp3) is 0.667. The number of amides is 1. The number of rotatable bonds is 5. The SMILES string of the molecule is CC(C)CN(C(=O)Cn1c(=O)c(C#N)c2n(c1=O)CCC2)[C@H]1CCS(=O)(=O)C1. The quantitative estimate of drug-likeness (QED) is 0.647. The smallest absolute Gasteiger partial charge is 0.331 e. The molecular weight excluding hydrogens is 384 g/mol. The Labute approximate surface area is 163 Å². The Morgan fingerprint density at radius 2 is 2.07 bits per heavy atom. The summed E-state index contributed by atoms with van der Waals surface area (Å²) in [5.74, 6) is -0.454. The maximum absolute atomic E-state index is 13.0. The lowest BCUT2D eigenvalue weighted by atomic mass is 10.1. The molecule has 1 saturated heterocycles. The lowest BCUT2D eigenvalue weighted by Gasteiger charge is -2.30. The minimum atomic E-state index is -3.19. The van der Waals surface area contributed by atoms with Gasteiger partial charge in [0.1, 0.15) is 18.2 Å². The van der Waals surface area contributed by atoms with E-state index in [2.05, 4.69) is 0 Å². The Morgan fingerprint density at radius 1 is 1.36 bits per heavy atom. The van der Waals surface area contributed by atoms with Crippen molar-refractivity contribution < 1.29 is 13.2 Å². The molecule has 0 spiro atoms. The molecule has 0 bridgehead atoms. The Hall–Kier alpha value is -2.41. The summed E-state index contributed by atoms with van der Waals surface area (Å²) >= 11 is 0. The van der Waals surface area contributed by atoms with Crippen LogP contribution in [0.1, 0.15) is 37.9 Å². The molecule has 1 aromatic rings. The van der Waals surface area contributed by atoms with Gasteiger partial charge in [-0.05, 0) is 25.2 Å². The molecule has 0 aromatic carbocycles. The Bertz CT molecular complexity index is 1060. The lowest BCUT2D eigenvalue weighted by molar-refractivity contribution is -0.134. The van der Waals surface area contributed by atoms with Crippen molar-refractivity contribution in [1.82, 2.24) is 14.0 Å². The van der Waals surface area contributed by atoms with Gasteiger partial charge < -0.3 is 4.90 Å². The average molecular weight is 408 g/mol. The molecule has 9 nitrogen and oxygen atoms in total. The predicted molar refractivity (Wildman–Crippen MR) is 102 cm³/mol. The zero-order chi connectivity index (χ0) is 20.6. The number of fused-ring (bicyclic) bond motifs is 1. The molecule has 1 amide bonds. The first-order valence-electron chi connectivity index (χ1n) is 9.41. The molecule has 2 aliphatic heterocycles. The third-order valence-corrected chi connectivity index (χ3v) is 7.02. The van der Waals surface area contributed by atoms with Gasteiger partial charge in [0, 0.05) is 24.8 Å². The lowest BCUT2D eigenvalue weighted by Crippen LogP contribution is -2.49. The fourth-order valence-electron chi connectivity index (χ4n) is 3.98. The molecule has 3 heterocycles. The van der Waals surface area contributed by atoms with Crippen molar-refractivity contribution >= 4 is 15.7 Å². The first kappa shape index (κ1) is 20.3. The highest BCUT2D eigenvalue weighted by molar-refractivity contribution is 7.91. The van der Waals surface area contributed by atoms with Crippen molar-refractivity contribution in [1.29, 1.82) is 5.26 Å². The Morgan fingerprint density at radius 3 is 2.64 bits per heavy atom. The van der Waals surface area contributed by atoms with Crippen LogP contribution in [0.4, 0.5) is 0 Å². The van der Waals surface area contributed by atoms with Gasteiger partial charge in [0.15, 0.2) is 9.84 Å². The number of hydrogen-bond acceptors (Lipinski definition) is 6. The molecule has 10 heteroatoms. The van der Waals surface area contributed by atoms with E-state index in [0.29, 0.717) is 38.0 Å². The number of nitriles is 1. The van der Waals surface area contributed by atoms with Gasteiger partial charge in [0.05, 0.1) is 11.5 Å². The molecule has 2 aliphatic rings. The third-order valence-electron chi connectivity index (χ3n) is 5.27. The monoisotopic (exact) mass is 408 g/mol. The Balaban J connectivity index is 1.96. The van der Waals surface area contributed by atoms with Crippen LogP contribution < -0.4 is 11.2 Å². The van der Waals surface area contributed by atoms with E-state index in [1.165, 1.54) is 9.47 Å². The topological polar surface area (TPSA) is 122 Å². The number of sulfone groups is 1. The van der Waals surface area contributed by atoms with Gasteiger partial charge in [-0.15, -0.1) is 0 Å². The van der Waals surface area contributed by atoms with Crippen LogP contribution in [-0.4, -0.2) is 52.5 Å². The van der Waals surface area contributed by atoms with E-state index in [4.69, 9.17) is 0 Å². The fourth-order valence-corrected chi connectivity index (χ4v) is 5.71. The standard InChI is InChI=1S/C18H24N4O5S/c1-12(2)9-21(13-5-7-28(26,27)11-13)16(23)10-22-17(24)14(8-19)15-4-3-6-20(15)18(22)25/h12-13H,3-7,9-11H2,1-2H3/t13-/m0/s1. The van der Waals surface area contributed by atoms with E-state index in [1.54, 1.807) is 0 Å². The summed E-state index contributed by atoms with van der Waals surface area (Å²) in [4.78, 5) is 39.8. The highest BCUT2D eigenvalue weighted by atomic mass is 32.2. The largest absolute Gasteiger partial charge is 0.337 e. The molecule has 152 valence electrons. The maximum Gasteiger partial charge on any atom is 0.331 e. The first-order valence-corrected chi connectivity index (χ1v) is 11.2. The van der Waals surface area contributed by atoms with Crippen molar-refractivity contribution in [2.24, 2.45) is 5.92 Å². The van der Waals surface area contributed by atoms with Crippen LogP contribution in [0.15, 0.2) is 9.59 Å². The summed E-state index contributed by atoms with van der Waals surface area (Å²) in [7, 11) is -3.19. The zero-order valence-corrected chi connectivity index (χ0v) is 16.9. The summed E-state index contributed by atoms with van der Waals surface area (Å²) in [5.41, 5.74) is -1.00. The van der Waals surface area contributed by atoms with Gasteiger partial charge in [0.25, 0.3) is 5.56 Å². The summed E-state index contributed by atoms with van der Waals surface area (Å²) in [6, 6.07) is 1.41. The predicted octanol–water partition coefficient (Wildman–Crippen LogP) is -0.500. The molecule has 1 fully saturated rings. The summed E-state index contributed by atoms with van der Waals surface area (Å²) in [6.07, 6.45) is 1.50.